The number of benzene rings is 2. The maximum absolute atomic E-state index is 13.0. The van der Waals surface area contributed by atoms with E-state index >= 15 is 0 Å². The SMILES string of the molecule is Cc1ccc2[nH]c(=O)c(C(=O)C=Cc3ccsc3)c(-c3ccccc3)c2c1. The van der Waals surface area contributed by atoms with Crippen LogP contribution in [0.25, 0.3) is 28.1 Å². The highest BCUT2D eigenvalue weighted by molar-refractivity contribution is 7.08. The number of aryl methyl sites for hydroxylation is 1. The summed E-state index contributed by atoms with van der Waals surface area (Å²) in [6, 6.07) is 17.4. The quantitative estimate of drug-likeness (QED) is 0.382. The highest BCUT2D eigenvalue weighted by Gasteiger charge is 2.19. The Balaban J connectivity index is 1.98. The Morgan fingerprint density at radius 2 is 1.89 bits per heavy atom. The molecule has 3 nitrogen and oxygen atoms in total. The normalized spacial score (nSPS) is 11.3. The summed E-state index contributed by atoms with van der Waals surface area (Å²) in [6.07, 6.45) is 3.22. The third kappa shape index (κ3) is 3.39. The molecule has 27 heavy (non-hydrogen) atoms. The van der Waals surface area contributed by atoms with E-state index in [4.69, 9.17) is 0 Å². The van der Waals surface area contributed by atoms with Crippen LogP contribution in [0.4, 0.5) is 0 Å². The van der Waals surface area contributed by atoms with Crippen LogP contribution in [0, 0.1) is 6.92 Å². The first-order valence-corrected chi connectivity index (χ1v) is 9.54. The van der Waals surface area contributed by atoms with Gasteiger partial charge in [-0.2, -0.15) is 11.3 Å². The van der Waals surface area contributed by atoms with Crippen molar-refractivity contribution in [2.45, 2.75) is 6.92 Å². The van der Waals surface area contributed by atoms with Crippen molar-refractivity contribution < 1.29 is 4.79 Å². The molecule has 0 spiro atoms. The van der Waals surface area contributed by atoms with E-state index in [-0.39, 0.29) is 16.9 Å². The van der Waals surface area contributed by atoms with E-state index in [0.29, 0.717) is 5.56 Å². The van der Waals surface area contributed by atoms with Crippen molar-refractivity contribution in [3.63, 3.8) is 0 Å². The zero-order valence-electron chi connectivity index (χ0n) is 14.7. The molecule has 0 aliphatic rings. The third-order valence-corrected chi connectivity index (χ3v) is 5.15. The molecule has 4 rings (SSSR count). The lowest BCUT2D eigenvalue weighted by molar-refractivity contribution is 0.104. The third-order valence-electron chi connectivity index (χ3n) is 4.45. The Morgan fingerprint density at radius 3 is 2.63 bits per heavy atom. The Kier molecular flexibility index (Phi) is 4.57. The van der Waals surface area contributed by atoms with Crippen LogP contribution >= 0.6 is 11.3 Å². The predicted molar refractivity (Wildman–Crippen MR) is 112 cm³/mol. The summed E-state index contributed by atoms with van der Waals surface area (Å²) < 4.78 is 0. The fourth-order valence-corrected chi connectivity index (χ4v) is 3.80. The minimum Gasteiger partial charge on any atom is -0.321 e. The van der Waals surface area contributed by atoms with Crippen LogP contribution in [0.1, 0.15) is 21.5 Å². The summed E-state index contributed by atoms with van der Waals surface area (Å²) in [5, 5.41) is 4.77. The number of hydrogen-bond acceptors (Lipinski definition) is 3. The van der Waals surface area contributed by atoms with Crippen molar-refractivity contribution in [1.29, 1.82) is 0 Å². The lowest BCUT2D eigenvalue weighted by Crippen LogP contribution is -2.18. The summed E-state index contributed by atoms with van der Waals surface area (Å²) in [4.78, 5) is 28.6. The maximum Gasteiger partial charge on any atom is 0.260 e. The number of rotatable bonds is 4. The van der Waals surface area contributed by atoms with Crippen molar-refractivity contribution >= 4 is 34.1 Å². The van der Waals surface area contributed by atoms with Gasteiger partial charge in [0.1, 0.15) is 0 Å². The number of aromatic amines is 1. The molecule has 2 aromatic carbocycles. The smallest absolute Gasteiger partial charge is 0.260 e. The molecule has 4 aromatic rings. The van der Waals surface area contributed by atoms with Crippen LogP contribution in [-0.4, -0.2) is 10.8 Å². The monoisotopic (exact) mass is 371 g/mol. The summed E-state index contributed by atoms with van der Waals surface area (Å²) in [6.45, 7) is 2.00. The molecular formula is C23H17NO2S. The molecule has 0 saturated heterocycles. The lowest BCUT2D eigenvalue weighted by Gasteiger charge is -2.12. The number of thiophene rings is 1. The number of carbonyl (C=O) groups is 1. The number of pyridine rings is 1. The van der Waals surface area contributed by atoms with Gasteiger partial charge in [0.05, 0.1) is 5.56 Å². The first kappa shape index (κ1) is 17.2. The van der Waals surface area contributed by atoms with Gasteiger partial charge < -0.3 is 4.98 Å². The highest BCUT2D eigenvalue weighted by Crippen LogP contribution is 2.30. The van der Waals surface area contributed by atoms with E-state index in [1.807, 2.05) is 72.3 Å². The first-order valence-electron chi connectivity index (χ1n) is 8.60. The second kappa shape index (κ2) is 7.17. The van der Waals surface area contributed by atoms with E-state index in [2.05, 4.69) is 4.98 Å². The number of hydrogen-bond donors (Lipinski definition) is 1. The molecule has 0 amide bonds. The summed E-state index contributed by atoms with van der Waals surface area (Å²) in [5.74, 6) is -0.301. The van der Waals surface area contributed by atoms with Crippen LogP contribution < -0.4 is 5.56 Å². The van der Waals surface area contributed by atoms with Gasteiger partial charge in [0.15, 0.2) is 5.78 Å². The molecule has 2 heterocycles. The molecule has 0 saturated carbocycles. The van der Waals surface area contributed by atoms with Gasteiger partial charge in [-0.05, 0) is 53.1 Å². The second-order valence-corrected chi connectivity index (χ2v) is 7.15. The summed E-state index contributed by atoms with van der Waals surface area (Å²) in [7, 11) is 0. The van der Waals surface area contributed by atoms with E-state index in [9.17, 15) is 9.59 Å². The van der Waals surface area contributed by atoms with Crippen molar-refractivity contribution in [2.24, 2.45) is 0 Å². The van der Waals surface area contributed by atoms with Gasteiger partial charge in [-0.3, -0.25) is 9.59 Å². The number of carbonyl (C=O) groups excluding carboxylic acids is 1. The van der Waals surface area contributed by atoms with Gasteiger partial charge in [0, 0.05) is 16.5 Å². The van der Waals surface area contributed by atoms with Crippen LogP contribution in [0.15, 0.2) is 76.2 Å². The predicted octanol–water partition coefficient (Wildman–Crippen LogP) is 5.46. The number of fused-ring (bicyclic) bond motifs is 1. The van der Waals surface area contributed by atoms with Crippen LogP contribution in [-0.2, 0) is 0 Å². The fourth-order valence-electron chi connectivity index (χ4n) is 3.17. The molecule has 4 heteroatoms. The average molecular weight is 371 g/mol. The Morgan fingerprint density at radius 1 is 1.07 bits per heavy atom. The minimum absolute atomic E-state index is 0.172. The number of nitrogens with one attached hydrogen (secondary N) is 1. The molecule has 0 bridgehead atoms. The molecule has 2 aromatic heterocycles. The standard InChI is InChI=1S/C23H17NO2S/c1-15-7-9-19-18(13-15)21(17-5-3-2-4-6-17)22(23(26)24-19)20(25)10-8-16-11-12-27-14-16/h2-14H,1H3,(H,24,26). The zero-order chi connectivity index (χ0) is 18.8. The molecule has 0 aliphatic carbocycles. The van der Waals surface area contributed by atoms with Crippen LogP contribution in [0.5, 0.6) is 0 Å². The van der Waals surface area contributed by atoms with Gasteiger partial charge in [0.25, 0.3) is 5.56 Å². The van der Waals surface area contributed by atoms with E-state index in [1.165, 1.54) is 6.08 Å². The molecule has 0 aliphatic heterocycles. The molecule has 0 radical (unpaired) electrons. The summed E-state index contributed by atoms with van der Waals surface area (Å²) in [5.41, 5.74) is 4.07. The highest BCUT2D eigenvalue weighted by atomic mass is 32.1. The molecular weight excluding hydrogens is 354 g/mol. The lowest BCUT2D eigenvalue weighted by atomic mass is 9.93. The molecule has 0 unspecified atom stereocenters. The molecule has 1 N–H and O–H groups in total. The number of H-pyrrole nitrogens is 1. The molecule has 0 atom stereocenters. The van der Waals surface area contributed by atoms with Gasteiger partial charge in [-0.15, -0.1) is 0 Å². The van der Waals surface area contributed by atoms with Crippen molar-refractivity contribution in [1.82, 2.24) is 4.98 Å². The van der Waals surface area contributed by atoms with E-state index in [0.717, 1.165) is 27.6 Å². The van der Waals surface area contributed by atoms with Crippen LogP contribution in [0.3, 0.4) is 0 Å². The Bertz CT molecular complexity index is 1200. The van der Waals surface area contributed by atoms with E-state index in [1.54, 1.807) is 17.4 Å². The second-order valence-electron chi connectivity index (χ2n) is 6.37. The Labute approximate surface area is 160 Å². The average Bonchev–Trinajstić information content (AvgIpc) is 3.20. The summed E-state index contributed by atoms with van der Waals surface area (Å²) >= 11 is 1.56. The largest absolute Gasteiger partial charge is 0.321 e. The number of ketones is 1. The van der Waals surface area contributed by atoms with Gasteiger partial charge in [-0.25, -0.2) is 0 Å². The fraction of sp³-hybridized carbons (Fsp3) is 0.0435. The Hall–Kier alpha value is -3.24. The number of allylic oxidation sites excluding steroid dienone is 1. The van der Waals surface area contributed by atoms with Crippen molar-refractivity contribution in [3.05, 3.63) is 98.5 Å². The van der Waals surface area contributed by atoms with E-state index < -0.39 is 0 Å². The molecule has 132 valence electrons. The van der Waals surface area contributed by atoms with Gasteiger partial charge >= 0.3 is 0 Å². The maximum atomic E-state index is 13.0. The van der Waals surface area contributed by atoms with Crippen LogP contribution in [0.2, 0.25) is 0 Å². The zero-order valence-corrected chi connectivity index (χ0v) is 15.5. The van der Waals surface area contributed by atoms with Crippen molar-refractivity contribution in [2.75, 3.05) is 0 Å². The first-order chi connectivity index (χ1) is 13.1. The van der Waals surface area contributed by atoms with Gasteiger partial charge in [0.2, 0.25) is 0 Å². The number of aromatic nitrogens is 1. The topological polar surface area (TPSA) is 49.9 Å². The molecule has 0 fully saturated rings. The van der Waals surface area contributed by atoms with Crippen molar-refractivity contribution in [3.8, 4) is 11.1 Å². The minimum atomic E-state index is -0.370. The van der Waals surface area contributed by atoms with Gasteiger partial charge in [-0.1, -0.05) is 48.0 Å².